The van der Waals surface area contributed by atoms with Gasteiger partial charge in [0, 0.05) is 5.69 Å². The second-order valence-corrected chi connectivity index (χ2v) is 9.30. The minimum absolute atomic E-state index is 0.0676. The van der Waals surface area contributed by atoms with Crippen molar-refractivity contribution in [2.24, 2.45) is 5.92 Å². The van der Waals surface area contributed by atoms with Crippen LogP contribution < -0.4 is 20.1 Å². The Kier molecular flexibility index (Phi) is 7.78. The number of methoxy groups -OCH3 is 1. The van der Waals surface area contributed by atoms with Gasteiger partial charge in [-0.2, -0.15) is 0 Å². The molecule has 1 fully saturated rings. The van der Waals surface area contributed by atoms with Crippen molar-refractivity contribution in [3.8, 4) is 22.6 Å². The van der Waals surface area contributed by atoms with E-state index in [0.29, 0.717) is 28.6 Å². The summed E-state index contributed by atoms with van der Waals surface area (Å²) in [5.41, 5.74) is 3.75. The van der Waals surface area contributed by atoms with Gasteiger partial charge in [-0.05, 0) is 85.2 Å². The van der Waals surface area contributed by atoms with E-state index >= 15 is 0 Å². The first-order valence-corrected chi connectivity index (χ1v) is 12.2. The smallest absolute Gasteiger partial charge is 0.339 e. The van der Waals surface area contributed by atoms with Gasteiger partial charge in [0.2, 0.25) is 0 Å². The number of hydrogen-bond acceptors (Lipinski definition) is 4. The number of amides is 2. The maximum Gasteiger partial charge on any atom is 0.339 e. The first-order chi connectivity index (χ1) is 17.3. The number of carbonyl (C=O) groups is 2. The minimum atomic E-state index is -1.07. The highest BCUT2D eigenvalue weighted by molar-refractivity contribution is 6.01. The van der Waals surface area contributed by atoms with Crippen LogP contribution in [0.3, 0.4) is 0 Å². The first-order valence-electron chi connectivity index (χ1n) is 12.2. The summed E-state index contributed by atoms with van der Waals surface area (Å²) < 4.78 is 11.6. The summed E-state index contributed by atoms with van der Waals surface area (Å²) in [5, 5.41) is 15.4. The number of anilines is 2. The van der Waals surface area contributed by atoms with E-state index in [1.54, 1.807) is 18.2 Å². The molecule has 0 saturated heterocycles. The zero-order chi connectivity index (χ0) is 25.7. The zero-order valence-corrected chi connectivity index (χ0v) is 20.8. The van der Waals surface area contributed by atoms with Gasteiger partial charge in [-0.25, -0.2) is 9.59 Å². The molecule has 0 unspecified atom stereocenters. The van der Waals surface area contributed by atoms with Crippen molar-refractivity contribution >= 4 is 23.4 Å². The van der Waals surface area contributed by atoms with Gasteiger partial charge in [0.1, 0.15) is 23.2 Å². The lowest BCUT2D eigenvalue weighted by molar-refractivity contribution is 0.0693. The number of rotatable bonds is 7. The van der Waals surface area contributed by atoms with Gasteiger partial charge >= 0.3 is 12.0 Å². The topological polar surface area (TPSA) is 96.9 Å². The molecule has 1 aliphatic carbocycles. The lowest BCUT2D eigenvalue weighted by atomic mass is 9.88. The number of aromatic carboxylic acids is 1. The molecule has 3 aromatic rings. The Labute approximate surface area is 211 Å². The molecule has 0 aliphatic heterocycles. The molecule has 0 spiro atoms. The molecule has 2 atom stereocenters. The van der Waals surface area contributed by atoms with E-state index in [2.05, 4.69) is 17.6 Å². The Balaban J connectivity index is 1.66. The van der Waals surface area contributed by atoms with Crippen molar-refractivity contribution in [3.05, 3.63) is 71.8 Å². The average molecular weight is 489 g/mol. The normalized spacial score (nSPS) is 17.2. The number of carboxylic acid groups (broad SMARTS) is 1. The Hall–Kier alpha value is -4.00. The molecular weight excluding hydrogens is 456 g/mol. The van der Waals surface area contributed by atoms with Gasteiger partial charge < -0.3 is 25.2 Å². The molecular formula is C29H32N2O5. The number of nitrogens with one attached hydrogen (secondary N) is 2. The van der Waals surface area contributed by atoms with Crippen LogP contribution in [0.5, 0.6) is 11.5 Å². The van der Waals surface area contributed by atoms with Crippen LogP contribution in [0, 0.1) is 12.8 Å². The lowest BCUT2D eigenvalue weighted by Gasteiger charge is -2.30. The second-order valence-electron chi connectivity index (χ2n) is 9.30. The standard InChI is InChI=1S/C29H32N2O5/c1-18-7-6-9-22(15-18)30-29(34)31-24-17-21(20-11-13-26(35-3)23(16-20)28(32)33)12-14-27(24)36-25-10-5-4-8-19(25)2/h6-7,9,11-17,19,25H,4-5,8,10H2,1-3H3,(H,32,33)(H2,30,31,34)/t19-,25-/m1/s1. The molecule has 36 heavy (non-hydrogen) atoms. The number of aryl methyl sites for hydroxylation is 1. The van der Waals surface area contributed by atoms with Crippen molar-refractivity contribution in [1.29, 1.82) is 0 Å². The SMILES string of the molecule is COc1ccc(-c2ccc(O[C@@H]3CCCC[C@H]3C)c(NC(=O)Nc3cccc(C)c3)c2)cc1C(=O)O. The van der Waals surface area contributed by atoms with E-state index in [-0.39, 0.29) is 23.4 Å². The number of benzene rings is 3. The summed E-state index contributed by atoms with van der Waals surface area (Å²) in [6.07, 6.45) is 4.48. The maximum absolute atomic E-state index is 12.9. The van der Waals surface area contributed by atoms with Gasteiger partial charge in [-0.3, -0.25) is 0 Å². The molecule has 2 amide bonds. The second kappa shape index (κ2) is 11.2. The summed E-state index contributed by atoms with van der Waals surface area (Å²) in [6.45, 7) is 4.16. The fraction of sp³-hybridized carbons (Fsp3) is 0.310. The summed E-state index contributed by atoms with van der Waals surface area (Å²) >= 11 is 0. The number of ether oxygens (including phenoxy) is 2. The highest BCUT2D eigenvalue weighted by Gasteiger charge is 2.24. The Morgan fingerprint density at radius 2 is 1.64 bits per heavy atom. The summed E-state index contributed by atoms with van der Waals surface area (Å²) in [7, 11) is 1.44. The van der Waals surface area contributed by atoms with Crippen LogP contribution in [0.1, 0.15) is 48.5 Å². The molecule has 1 saturated carbocycles. The van der Waals surface area contributed by atoms with Crippen LogP contribution in [0.15, 0.2) is 60.7 Å². The third-order valence-corrected chi connectivity index (χ3v) is 6.58. The Bertz CT molecular complexity index is 1260. The summed E-state index contributed by atoms with van der Waals surface area (Å²) in [4.78, 5) is 24.6. The number of urea groups is 1. The zero-order valence-electron chi connectivity index (χ0n) is 20.8. The summed E-state index contributed by atoms with van der Waals surface area (Å²) in [6, 6.07) is 17.7. The van der Waals surface area contributed by atoms with Gasteiger partial charge in [-0.15, -0.1) is 0 Å². The van der Waals surface area contributed by atoms with Crippen molar-refractivity contribution in [2.45, 2.75) is 45.6 Å². The van der Waals surface area contributed by atoms with Crippen LogP contribution in [0.25, 0.3) is 11.1 Å². The predicted octanol–water partition coefficient (Wildman–Crippen LogP) is 6.97. The van der Waals surface area contributed by atoms with Gasteiger partial charge in [0.05, 0.1) is 12.8 Å². The van der Waals surface area contributed by atoms with Crippen molar-refractivity contribution < 1.29 is 24.2 Å². The van der Waals surface area contributed by atoms with E-state index in [9.17, 15) is 14.7 Å². The highest BCUT2D eigenvalue weighted by atomic mass is 16.5. The van der Waals surface area contributed by atoms with E-state index < -0.39 is 5.97 Å². The molecule has 7 heteroatoms. The van der Waals surface area contributed by atoms with Crippen molar-refractivity contribution in [1.82, 2.24) is 0 Å². The monoisotopic (exact) mass is 488 g/mol. The third kappa shape index (κ3) is 5.97. The van der Waals surface area contributed by atoms with E-state index in [1.807, 2.05) is 49.4 Å². The van der Waals surface area contributed by atoms with Crippen LogP contribution in [0.4, 0.5) is 16.2 Å². The molecule has 188 valence electrons. The van der Waals surface area contributed by atoms with E-state index in [0.717, 1.165) is 30.4 Å². The number of carbonyl (C=O) groups excluding carboxylic acids is 1. The highest BCUT2D eigenvalue weighted by Crippen LogP contribution is 2.36. The third-order valence-electron chi connectivity index (χ3n) is 6.58. The number of carboxylic acids is 1. The number of hydrogen-bond donors (Lipinski definition) is 3. The fourth-order valence-electron chi connectivity index (χ4n) is 4.59. The molecule has 7 nitrogen and oxygen atoms in total. The minimum Gasteiger partial charge on any atom is -0.496 e. The predicted molar refractivity (Wildman–Crippen MR) is 141 cm³/mol. The molecule has 0 heterocycles. The summed E-state index contributed by atoms with van der Waals surface area (Å²) in [5.74, 6) is 0.222. The largest absolute Gasteiger partial charge is 0.496 e. The van der Waals surface area contributed by atoms with Crippen LogP contribution in [0.2, 0.25) is 0 Å². The molecule has 4 rings (SSSR count). The van der Waals surface area contributed by atoms with Crippen molar-refractivity contribution in [2.75, 3.05) is 17.7 Å². The average Bonchev–Trinajstić information content (AvgIpc) is 2.86. The fourth-order valence-corrected chi connectivity index (χ4v) is 4.59. The maximum atomic E-state index is 12.9. The quantitative estimate of drug-likeness (QED) is 0.334. The van der Waals surface area contributed by atoms with Gasteiger partial charge in [0.25, 0.3) is 0 Å². The van der Waals surface area contributed by atoms with Crippen LogP contribution in [-0.2, 0) is 0 Å². The molecule has 3 aromatic carbocycles. The molecule has 0 bridgehead atoms. The lowest BCUT2D eigenvalue weighted by Crippen LogP contribution is -2.29. The van der Waals surface area contributed by atoms with Crippen LogP contribution >= 0.6 is 0 Å². The van der Waals surface area contributed by atoms with Gasteiger partial charge in [-0.1, -0.05) is 37.6 Å². The van der Waals surface area contributed by atoms with Crippen LogP contribution in [-0.4, -0.2) is 30.3 Å². The molecule has 1 aliphatic rings. The van der Waals surface area contributed by atoms with E-state index in [1.165, 1.54) is 13.5 Å². The first kappa shape index (κ1) is 25.1. The van der Waals surface area contributed by atoms with E-state index in [4.69, 9.17) is 9.47 Å². The molecule has 0 aromatic heterocycles. The molecule has 0 radical (unpaired) electrons. The Morgan fingerprint density at radius 3 is 2.33 bits per heavy atom. The van der Waals surface area contributed by atoms with Crippen molar-refractivity contribution in [3.63, 3.8) is 0 Å². The van der Waals surface area contributed by atoms with Gasteiger partial charge in [0.15, 0.2) is 0 Å². The Morgan fingerprint density at radius 1 is 0.917 bits per heavy atom. The molecule has 3 N–H and O–H groups in total.